The lowest BCUT2D eigenvalue weighted by atomic mass is 9.98. The summed E-state index contributed by atoms with van der Waals surface area (Å²) < 4.78 is 5.34. The van der Waals surface area contributed by atoms with E-state index in [1.54, 1.807) is 0 Å². The highest BCUT2D eigenvalue weighted by atomic mass is 32.2. The van der Waals surface area contributed by atoms with Crippen LogP contribution in [0.2, 0.25) is 0 Å². The number of hydrogen-bond acceptors (Lipinski definition) is 5. The molecule has 2 unspecified atom stereocenters. The number of nitrogens with two attached hydrogens (primary N) is 1. The molecule has 2 N–H and O–H groups in total. The van der Waals surface area contributed by atoms with Crippen LogP contribution in [0.15, 0.2) is 4.52 Å². The second-order valence-corrected chi connectivity index (χ2v) is 6.29. The molecule has 1 aromatic rings. The molecule has 1 aromatic heterocycles. The minimum absolute atomic E-state index is 0.402. The Morgan fingerprint density at radius 3 is 3.00 bits per heavy atom. The van der Waals surface area contributed by atoms with Crippen LogP contribution in [0.5, 0.6) is 0 Å². The zero-order valence-electron chi connectivity index (χ0n) is 10.6. The average molecular weight is 255 g/mol. The molecule has 1 aliphatic heterocycles. The van der Waals surface area contributed by atoms with Crippen molar-refractivity contribution in [3.63, 3.8) is 0 Å². The molecule has 0 radical (unpaired) electrons. The Morgan fingerprint density at radius 1 is 1.53 bits per heavy atom. The summed E-state index contributed by atoms with van der Waals surface area (Å²) in [5, 5.41) is 4.50. The Morgan fingerprint density at radius 2 is 2.35 bits per heavy atom. The molecule has 5 heteroatoms. The molecular formula is C12H21N3OS. The van der Waals surface area contributed by atoms with E-state index in [9.17, 15) is 0 Å². The minimum Gasteiger partial charge on any atom is -0.337 e. The van der Waals surface area contributed by atoms with Crippen LogP contribution in [0.4, 0.5) is 0 Å². The third-order valence-corrected chi connectivity index (χ3v) is 4.54. The molecule has 96 valence electrons. The van der Waals surface area contributed by atoms with Crippen molar-refractivity contribution in [2.24, 2.45) is 5.73 Å². The van der Waals surface area contributed by atoms with E-state index in [2.05, 4.69) is 17.1 Å². The van der Waals surface area contributed by atoms with Crippen LogP contribution in [0.25, 0.3) is 0 Å². The molecule has 2 heterocycles. The third kappa shape index (κ3) is 3.01. The molecule has 1 fully saturated rings. The van der Waals surface area contributed by atoms with Gasteiger partial charge in [0.25, 0.3) is 0 Å². The predicted molar refractivity (Wildman–Crippen MR) is 69.8 cm³/mol. The molecule has 0 spiro atoms. The molecule has 0 aliphatic carbocycles. The molecule has 4 nitrogen and oxygen atoms in total. The molecule has 17 heavy (non-hydrogen) atoms. The topological polar surface area (TPSA) is 64.9 Å². The summed E-state index contributed by atoms with van der Waals surface area (Å²) in [4.78, 5) is 4.50. The van der Waals surface area contributed by atoms with Crippen LogP contribution >= 0.6 is 11.8 Å². The molecule has 2 rings (SSSR count). The second kappa shape index (κ2) is 5.40. The van der Waals surface area contributed by atoms with Gasteiger partial charge in [-0.3, -0.25) is 0 Å². The van der Waals surface area contributed by atoms with Crippen molar-refractivity contribution in [1.29, 1.82) is 0 Å². The lowest BCUT2D eigenvalue weighted by molar-refractivity contribution is 0.282. The molecule has 0 amide bonds. The van der Waals surface area contributed by atoms with Crippen molar-refractivity contribution in [3.8, 4) is 0 Å². The fourth-order valence-electron chi connectivity index (χ4n) is 2.17. The van der Waals surface area contributed by atoms with Crippen molar-refractivity contribution < 1.29 is 4.52 Å². The summed E-state index contributed by atoms with van der Waals surface area (Å²) in [6.07, 6.45) is 5.60. The Labute approximate surface area is 107 Å². The van der Waals surface area contributed by atoms with Gasteiger partial charge in [0, 0.05) is 0 Å². The summed E-state index contributed by atoms with van der Waals surface area (Å²) in [5.74, 6) is 2.61. The number of aromatic nitrogens is 2. The summed E-state index contributed by atoms with van der Waals surface area (Å²) in [6, 6.07) is 0. The molecule has 0 saturated carbocycles. The molecule has 1 saturated heterocycles. The highest BCUT2D eigenvalue weighted by Gasteiger charge is 2.29. The monoisotopic (exact) mass is 255 g/mol. The van der Waals surface area contributed by atoms with Crippen LogP contribution < -0.4 is 5.73 Å². The van der Waals surface area contributed by atoms with Crippen LogP contribution in [0, 0.1) is 0 Å². The van der Waals surface area contributed by atoms with Crippen molar-refractivity contribution in [3.05, 3.63) is 11.7 Å². The van der Waals surface area contributed by atoms with E-state index in [1.165, 1.54) is 18.6 Å². The molecule has 0 bridgehead atoms. The van der Waals surface area contributed by atoms with E-state index < -0.39 is 5.54 Å². The van der Waals surface area contributed by atoms with Crippen LogP contribution in [0.1, 0.15) is 62.9 Å². The van der Waals surface area contributed by atoms with E-state index in [0.717, 1.165) is 25.1 Å². The Kier molecular flexibility index (Phi) is 4.09. The van der Waals surface area contributed by atoms with Gasteiger partial charge in [0.2, 0.25) is 5.89 Å². The van der Waals surface area contributed by atoms with Crippen LogP contribution in [0.3, 0.4) is 0 Å². The van der Waals surface area contributed by atoms with Crippen LogP contribution in [-0.4, -0.2) is 15.9 Å². The van der Waals surface area contributed by atoms with Gasteiger partial charge in [-0.05, 0) is 31.9 Å². The molecular weight excluding hydrogens is 234 g/mol. The largest absolute Gasteiger partial charge is 0.337 e. The first-order chi connectivity index (χ1) is 8.13. The first-order valence-corrected chi connectivity index (χ1v) is 7.43. The van der Waals surface area contributed by atoms with Crippen molar-refractivity contribution >= 4 is 11.8 Å². The lowest BCUT2D eigenvalue weighted by Gasteiger charge is -2.19. The van der Waals surface area contributed by atoms with Gasteiger partial charge >= 0.3 is 0 Å². The van der Waals surface area contributed by atoms with Gasteiger partial charge in [0.1, 0.15) is 0 Å². The summed E-state index contributed by atoms with van der Waals surface area (Å²) in [7, 11) is 0. The van der Waals surface area contributed by atoms with E-state index in [0.29, 0.717) is 11.1 Å². The van der Waals surface area contributed by atoms with E-state index in [4.69, 9.17) is 10.3 Å². The molecule has 0 aromatic carbocycles. The zero-order valence-corrected chi connectivity index (χ0v) is 11.4. The normalized spacial score (nSPS) is 24.5. The fraction of sp³-hybridized carbons (Fsp3) is 0.833. The maximum atomic E-state index is 6.19. The van der Waals surface area contributed by atoms with Gasteiger partial charge in [-0.25, -0.2) is 0 Å². The third-order valence-electron chi connectivity index (χ3n) is 3.17. The number of hydrogen-bond donors (Lipinski definition) is 1. The summed E-state index contributed by atoms with van der Waals surface area (Å²) in [5.41, 5.74) is 5.70. The van der Waals surface area contributed by atoms with E-state index in [1.807, 2.05) is 18.7 Å². The van der Waals surface area contributed by atoms with Gasteiger partial charge in [-0.1, -0.05) is 24.9 Å². The maximum Gasteiger partial charge on any atom is 0.246 e. The van der Waals surface area contributed by atoms with E-state index >= 15 is 0 Å². The predicted octanol–water partition coefficient (Wildman–Crippen LogP) is 3.00. The minimum atomic E-state index is -0.487. The smallest absolute Gasteiger partial charge is 0.246 e. The van der Waals surface area contributed by atoms with E-state index in [-0.39, 0.29) is 0 Å². The molecule has 1 aliphatic rings. The Hall–Kier alpha value is -0.550. The number of rotatable bonds is 4. The van der Waals surface area contributed by atoms with Gasteiger partial charge in [-0.15, -0.1) is 0 Å². The second-order valence-electron chi connectivity index (χ2n) is 4.98. The number of thioether (sulfide) groups is 1. The quantitative estimate of drug-likeness (QED) is 0.896. The highest BCUT2D eigenvalue weighted by molar-refractivity contribution is 7.99. The average Bonchev–Trinajstić information content (AvgIpc) is 2.80. The van der Waals surface area contributed by atoms with Gasteiger partial charge < -0.3 is 10.3 Å². The highest BCUT2D eigenvalue weighted by Crippen LogP contribution is 2.37. The van der Waals surface area contributed by atoms with Crippen molar-refractivity contribution in [2.45, 2.75) is 56.7 Å². The van der Waals surface area contributed by atoms with Crippen LogP contribution in [-0.2, 0) is 5.54 Å². The van der Waals surface area contributed by atoms with Crippen molar-refractivity contribution in [1.82, 2.24) is 10.1 Å². The zero-order chi connectivity index (χ0) is 12.3. The SMILES string of the molecule is CCCC(C)(N)c1nc(C2CCCCS2)no1. The Bertz CT molecular complexity index is 358. The maximum absolute atomic E-state index is 6.19. The Balaban J connectivity index is 2.09. The summed E-state index contributed by atoms with van der Waals surface area (Å²) >= 11 is 1.93. The number of nitrogens with zero attached hydrogens (tertiary/aromatic N) is 2. The fourth-order valence-corrected chi connectivity index (χ4v) is 3.40. The molecule has 2 atom stereocenters. The lowest BCUT2D eigenvalue weighted by Crippen LogP contribution is -2.33. The van der Waals surface area contributed by atoms with Gasteiger partial charge in [0.15, 0.2) is 5.82 Å². The van der Waals surface area contributed by atoms with Gasteiger partial charge in [-0.2, -0.15) is 16.7 Å². The standard InChI is InChI=1S/C12H21N3OS/c1-3-7-12(2,13)11-14-10(15-16-11)9-6-4-5-8-17-9/h9H,3-8,13H2,1-2H3. The first kappa shape index (κ1) is 12.9. The van der Waals surface area contributed by atoms with Gasteiger partial charge in [0.05, 0.1) is 10.8 Å². The first-order valence-electron chi connectivity index (χ1n) is 6.38. The summed E-state index contributed by atoms with van der Waals surface area (Å²) in [6.45, 7) is 4.07. The van der Waals surface area contributed by atoms with Crippen molar-refractivity contribution in [2.75, 3.05) is 5.75 Å².